The fraction of sp³-hybridized carbons (Fsp3) is 0.263. The fourth-order valence-corrected chi connectivity index (χ4v) is 2.59. The molecule has 3 N–H and O–H groups in total. The molecule has 0 bridgehead atoms. The Balaban J connectivity index is 1.86. The molecule has 2 aromatic carbocycles. The average molecular weight is 341 g/mol. The Morgan fingerprint density at radius 1 is 1.04 bits per heavy atom. The molecule has 4 nitrogen and oxygen atoms in total. The first-order valence-corrected chi connectivity index (χ1v) is 8.40. The van der Waals surface area contributed by atoms with Gasteiger partial charge in [0.15, 0.2) is 5.11 Å². The highest BCUT2D eigenvalue weighted by molar-refractivity contribution is 7.80. The summed E-state index contributed by atoms with van der Waals surface area (Å²) >= 11 is 5.25. The highest BCUT2D eigenvalue weighted by atomic mass is 32.1. The maximum atomic E-state index is 12.1. The molecule has 0 heterocycles. The van der Waals surface area contributed by atoms with Gasteiger partial charge in [-0.25, -0.2) is 0 Å². The summed E-state index contributed by atoms with van der Waals surface area (Å²) in [5.41, 5.74) is 5.09. The second kappa shape index (κ2) is 8.45. The summed E-state index contributed by atoms with van der Waals surface area (Å²) in [5.74, 6) is -0.126. The fourth-order valence-electron chi connectivity index (χ4n) is 2.40. The molecule has 5 heteroatoms. The predicted molar refractivity (Wildman–Crippen MR) is 105 cm³/mol. The molecule has 0 aliphatic heterocycles. The van der Waals surface area contributed by atoms with Gasteiger partial charge in [-0.1, -0.05) is 37.3 Å². The Labute approximate surface area is 148 Å². The van der Waals surface area contributed by atoms with E-state index in [0.29, 0.717) is 5.11 Å². The van der Waals surface area contributed by atoms with Crippen LogP contribution in [0.15, 0.2) is 42.5 Å². The van der Waals surface area contributed by atoms with Gasteiger partial charge in [-0.3, -0.25) is 4.79 Å². The molecule has 24 heavy (non-hydrogen) atoms. The SMILES string of the molecule is CCc1cccc(NC(=S)NCC(=O)Nc2c(C)cccc2C)c1. The number of aryl methyl sites for hydroxylation is 3. The first kappa shape index (κ1) is 17.9. The minimum atomic E-state index is -0.126. The van der Waals surface area contributed by atoms with Crippen LogP contribution in [0.3, 0.4) is 0 Å². The number of hydrogen-bond donors (Lipinski definition) is 3. The van der Waals surface area contributed by atoms with E-state index in [0.717, 1.165) is 28.9 Å². The van der Waals surface area contributed by atoms with Gasteiger partial charge in [0.2, 0.25) is 5.91 Å². The summed E-state index contributed by atoms with van der Waals surface area (Å²) in [6, 6.07) is 14.0. The number of nitrogens with one attached hydrogen (secondary N) is 3. The topological polar surface area (TPSA) is 53.2 Å². The molecule has 0 spiro atoms. The quantitative estimate of drug-likeness (QED) is 0.724. The minimum Gasteiger partial charge on any atom is -0.353 e. The van der Waals surface area contributed by atoms with Gasteiger partial charge in [-0.2, -0.15) is 0 Å². The molecular formula is C19H23N3OS. The van der Waals surface area contributed by atoms with Crippen molar-refractivity contribution in [3.8, 4) is 0 Å². The Bertz CT molecular complexity index is 723. The minimum absolute atomic E-state index is 0.118. The van der Waals surface area contributed by atoms with Crippen LogP contribution in [0.2, 0.25) is 0 Å². The molecule has 126 valence electrons. The summed E-state index contributed by atoms with van der Waals surface area (Å²) in [5, 5.41) is 9.39. The molecule has 0 saturated carbocycles. The highest BCUT2D eigenvalue weighted by Gasteiger charge is 2.08. The smallest absolute Gasteiger partial charge is 0.243 e. The summed E-state index contributed by atoms with van der Waals surface area (Å²) in [4.78, 5) is 12.1. The molecule has 0 radical (unpaired) electrons. The van der Waals surface area contributed by atoms with E-state index in [1.165, 1.54) is 5.56 Å². The lowest BCUT2D eigenvalue weighted by atomic mass is 10.1. The van der Waals surface area contributed by atoms with Gasteiger partial charge in [0.05, 0.1) is 6.54 Å². The van der Waals surface area contributed by atoms with E-state index in [-0.39, 0.29) is 12.5 Å². The van der Waals surface area contributed by atoms with Gasteiger partial charge in [-0.15, -0.1) is 0 Å². The molecule has 0 aliphatic rings. The van der Waals surface area contributed by atoms with Crippen molar-refractivity contribution < 1.29 is 4.79 Å². The van der Waals surface area contributed by atoms with Crippen molar-refractivity contribution in [1.29, 1.82) is 0 Å². The first-order valence-electron chi connectivity index (χ1n) is 7.99. The number of amides is 1. The van der Waals surface area contributed by atoms with Gasteiger partial charge < -0.3 is 16.0 Å². The van der Waals surface area contributed by atoms with Crippen LogP contribution in [0.5, 0.6) is 0 Å². The van der Waals surface area contributed by atoms with Crippen molar-refractivity contribution >= 4 is 34.6 Å². The van der Waals surface area contributed by atoms with Crippen molar-refractivity contribution in [3.63, 3.8) is 0 Å². The van der Waals surface area contributed by atoms with Crippen LogP contribution in [0.4, 0.5) is 11.4 Å². The van der Waals surface area contributed by atoms with E-state index in [1.807, 2.05) is 50.2 Å². The normalized spacial score (nSPS) is 10.1. The van der Waals surface area contributed by atoms with E-state index in [2.05, 4.69) is 28.9 Å². The van der Waals surface area contributed by atoms with Gasteiger partial charge in [0.25, 0.3) is 0 Å². The summed E-state index contributed by atoms with van der Waals surface area (Å²) < 4.78 is 0. The van der Waals surface area contributed by atoms with Crippen molar-refractivity contribution in [1.82, 2.24) is 5.32 Å². The number of carbonyl (C=O) groups is 1. The molecule has 2 rings (SSSR count). The second-order valence-electron chi connectivity index (χ2n) is 5.68. The van der Waals surface area contributed by atoms with E-state index >= 15 is 0 Å². The highest BCUT2D eigenvalue weighted by Crippen LogP contribution is 2.19. The number of hydrogen-bond acceptors (Lipinski definition) is 2. The lowest BCUT2D eigenvalue weighted by Crippen LogP contribution is -2.35. The zero-order valence-electron chi connectivity index (χ0n) is 14.3. The third-order valence-corrected chi connectivity index (χ3v) is 3.99. The molecule has 0 saturated heterocycles. The van der Waals surface area contributed by atoms with Crippen molar-refractivity contribution in [2.45, 2.75) is 27.2 Å². The molecule has 2 aromatic rings. The molecule has 0 aliphatic carbocycles. The summed E-state index contributed by atoms with van der Waals surface area (Å²) in [7, 11) is 0. The summed E-state index contributed by atoms with van der Waals surface area (Å²) in [6.45, 7) is 6.17. The Morgan fingerprint density at radius 2 is 1.71 bits per heavy atom. The van der Waals surface area contributed by atoms with Crippen LogP contribution in [-0.4, -0.2) is 17.6 Å². The van der Waals surface area contributed by atoms with Gasteiger partial charge in [-0.05, 0) is 61.3 Å². The molecule has 0 unspecified atom stereocenters. The molecule has 0 atom stereocenters. The summed E-state index contributed by atoms with van der Waals surface area (Å²) in [6.07, 6.45) is 0.966. The molecule has 0 aromatic heterocycles. The maximum Gasteiger partial charge on any atom is 0.243 e. The maximum absolute atomic E-state index is 12.1. The number of carbonyl (C=O) groups excluding carboxylic acids is 1. The van der Waals surface area contributed by atoms with Crippen molar-refractivity contribution in [2.24, 2.45) is 0 Å². The van der Waals surface area contributed by atoms with Crippen molar-refractivity contribution in [2.75, 3.05) is 17.2 Å². The lowest BCUT2D eigenvalue weighted by Gasteiger charge is -2.13. The van der Waals surface area contributed by atoms with Crippen LogP contribution in [0.25, 0.3) is 0 Å². The number of para-hydroxylation sites is 1. The largest absolute Gasteiger partial charge is 0.353 e. The zero-order valence-corrected chi connectivity index (χ0v) is 15.1. The third kappa shape index (κ3) is 5.06. The molecular weight excluding hydrogens is 318 g/mol. The average Bonchev–Trinajstić information content (AvgIpc) is 2.56. The van der Waals surface area contributed by atoms with E-state index < -0.39 is 0 Å². The number of rotatable bonds is 5. The standard InChI is InChI=1S/C19H23N3OS/c1-4-15-9-6-10-16(11-15)21-19(24)20-12-17(23)22-18-13(2)7-5-8-14(18)3/h5-11H,4,12H2,1-3H3,(H,22,23)(H2,20,21,24). The van der Waals surface area contributed by atoms with E-state index in [1.54, 1.807) is 0 Å². The van der Waals surface area contributed by atoms with Crippen LogP contribution in [0.1, 0.15) is 23.6 Å². The zero-order chi connectivity index (χ0) is 17.5. The van der Waals surface area contributed by atoms with Gasteiger partial charge in [0, 0.05) is 11.4 Å². The molecule has 1 amide bonds. The van der Waals surface area contributed by atoms with Crippen molar-refractivity contribution in [3.05, 3.63) is 59.2 Å². The monoisotopic (exact) mass is 341 g/mol. The number of thiocarbonyl (C=S) groups is 1. The first-order chi connectivity index (χ1) is 11.5. The van der Waals surface area contributed by atoms with Gasteiger partial charge >= 0.3 is 0 Å². The van der Waals surface area contributed by atoms with Crippen LogP contribution >= 0.6 is 12.2 Å². The Kier molecular flexibility index (Phi) is 6.32. The lowest BCUT2D eigenvalue weighted by molar-refractivity contribution is -0.115. The van der Waals surface area contributed by atoms with E-state index in [9.17, 15) is 4.79 Å². The van der Waals surface area contributed by atoms with Crippen LogP contribution in [0, 0.1) is 13.8 Å². The van der Waals surface area contributed by atoms with Gasteiger partial charge in [0.1, 0.15) is 0 Å². The molecule has 0 fully saturated rings. The number of benzene rings is 2. The van der Waals surface area contributed by atoms with Crippen LogP contribution in [-0.2, 0) is 11.2 Å². The second-order valence-corrected chi connectivity index (χ2v) is 6.08. The number of anilines is 2. The Hall–Kier alpha value is -2.40. The van der Waals surface area contributed by atoms with E-state index in [4.69, 9.17) is 12.2 Å². The van der Waals surface area contributed by atoms with Crippen LogP contribution < -0.4 is 16.0 Å². The predicted octanol–water partition coefficient (Wildman–Crippen LogP) is 3.79. The Morgan fingerprint density at radius 3 is 2.38 bits per heavy atom. The third-order valence-electron chi connectivity index (χ3n) is 3.75.